The van der Waals surface area contributed by atoms with E-state index in [0.717, 1.165) is 90.3 Å². The molecule has 0 radical (unpaired) electrons. The van der Waals surface area contributed by atoms with Crippen LogP contribution in [0.1, 0.15) is 89.7 Å². The third kappa shape index (κ3) is 8.29. The fourth-order valence-electron chi connectivity index (χ4n) is 19.0. The standard InChI is InChI=1S/C99H62N4/c1-3-23-60(24-4-1)55-80-77-33-13-21-41-90(77)100-93(80)62-43-45-63(46-44-62)94-81-57-68(66-51-53-75-73-31-11-19-39-86(73)98(88(75)58-66)82-35-15-7-27-69(82)70-28-8-16-36-83(70)98)56-79(67-52-54-76-74-32-12-20-40-87(74)99(89(76)59-67)84-37-17-9-29-71(84)72-30-10-18-38-85(72)99)96(81)103-97(102-94)65-49-47-64(48-50-65)95-92(61-25-5-2-6-26-61)78-34-14-22-42-91(78)101-95/h1-54,56-59,80,92H,55H2. The SMILES string of the molecule is c1ccc(CC2C(c3ccc(-c4nc(-c5ccc(C6=Nc7ccccc7C6c6ccccc6)cc5)nc5c(-c6ccc7c(c6)C6(c8ccccc8-c8ccccc86)c6ccccc6-7)cc(-c6ccc7c(c6)C6(c8ccccc8-c8ccccc86)c6ccccc6-7)cc45)cc3)=Nc3ccccc32)cc1. The van der Waals surface area contributed by atoms with Crippen LogP contribution in [-0.2, 0) is 17.3 Å². The van der Waals surface area contributed by atoms with Crippen LogP contribution in [0.5, 0.6) is 0 Å². The number of para-hydroxylation sites is 2. The highest BCUT2D eigenvalue weighted by molar-refractivity contribution is 6.13. The van der Waals surface area contributed by atoms with Crippen molar-refractivity contribution in [2.45, 2.75) is 29.1 Å². The lowest BCUT2D eigenvalue weighted by Gasteiger charge is -2.31. The minimum atomic E-state index is -0.565. The highest BCUT2D eigenvalue weighted by Crippen LogP contribution is 2.65. The van der Waals surface area contributed by atoms with Crippen molar-refractivity contribution in [2.75, 3.05) is 0 Å². The maximum absolute atomic E-state index is 5.94. The summed E-state index contributed by atoms with van der Waals surface area (Å²) in [7, 11) is 0. The first-order valence-corrected chi connectivity index (χ1v) is 36.0. The van der Waals surface area contributed by atoms with Gasteiger partial charge in [-0.05, 0) is 182 Å². The second-order valence-corrected chi connectivity index (χ2v) is 28.5. The zero-order valence-electron chi connectivity index (χ0n) is 56.1. The molecule has 103 heavy (non-hydrogen) atoms. The first-order valence-electron chi connectivity index (χ1n) is 36.0. The molecule has 0 fully saturated rings. The molecular weight excluding hydrogens is 1250 g/mol. The Balaban J connectivity index is 0.787. The van der Waals surface area contributed by atoms with Gasteiger partial charge in [-0.1, -0.05) is 315 Å². The van der Waals surface area contributed by atoms with Gasteiger partial charge in [0.2, 0.25) is 0 Å². The third-order valence-electron chi connectivity index (χ3n) is 23.4. The molecule has 3 heterocycles. The normalized spacial score (nSPS) is 15.7. The lowest BCUT2D eigenvalue weighted by Crippen LogP contribution is -2.25. The molecule has 0 bridgehead atoms. The van der Waals surface area contributed by atoms with E-state index in [9.17, 15) is 0 Å². The molecule has 2 aliphatic heterocycles. The molecule has 0 saturated heterocycles. The quantitative estimate of drug-likeness (QED) is 0.145. The molecule has 22 rings (SSSR count). The van der Waals surface area contributed by atoms with Crippen molar-refractivity contribution in [3.05, 3.63) is 430 Å². The van der Waals surface area contributed by atoms with Crippen LogP contribution in [-0.4, -0.2) is 21.4 Å². The zero-order valence-corrected chi connectivity index (χ0v) is 56.1. The largest absolute Gasteiger partial charge is 0.252 e. The smallest absolute Gasteiger partial charge is 0.160 e. The lowest BCUT2D eigenvalue weighted by atomic mass is 9.70. The molecular formula is C99H62N4. The van der Waals surface area contributed by atoms with Crippen LogP contribution in [0.25, 0.3) is 100 Å². The average Bonchev–Trinajstić information content (AvgIpc) is 1.52. The molecule has 4 heteroatoms. The summed E-state index contributed by atoms with van der Waals surface area (Å²) in [5, 5.41) is 0.960. The maximum Gasteiger partial charge on any atom is 0.160 e. The first-order chi connectivity index (χ1) is 51.1. The number of aliphatic imine (C=N–C) groups is 2. The van der Waals surface area contributed by atoms with Gasteiger partial charge in [-0.3, -0.25) is 9.98 Å². The topological polar surface area (TPSA) is 50.5 Å². The zero-order chi connectivity index (χ0) is 67.5. The molecule has 0 saturated carbocycles. The number of hydrogen-bond donors (Lipinski definition) is 0. The number of benzene rings is 15. The molecule has 2 atom stereocenters. The van der Waals surface area contributed by atoms with Gasteiger partial charge in [0.15, 0.2) is 5.82 Å². The Labute approximate surface area is 598 Å². The van der Waals surface area contributed by atoms with E-state index < -0.39 is 10.8 Å². The van der Waals surface area contributed by atoms with Crippen LogP contribution in [0.2, 0.25) is 0 Å². The molecule has 0 amide bonds. The van der Waals surface area contributed by atoms with Crippen molar-refractivity contribution in [2.24, 2.45) is 9.98 Å². The average molecular weight is 1310 g/mol. The molecule has 6 aliphatic rings. The Bertz CT molecular complexity index is 6210. The molecule has 478 valence electrons. The van der Waals surface area contributed by atoms with E-state index in [1.807, 2.05) is 0 Å². The second-order valence-electron chi connectivity index (χ2n) is 28.5. The van der Waals surface area contributed by atoms with Gasteiger partial charge in [0.1, 0.15) is 0 Å². The van der Waals surface area contributed by atoms with Crippen molar-refractivity contribution in [3.63, 3.8) is 0 Å². The Morgan fingerprint density at radius 1 is 0.262 bits per heavy atom. The summed E-state index contributed by atoms with van der Waals surface area (Å²) in [6.07, 6.45) is 0.847. The summed E-state index contributed by atoms with van der Waals surface area (Å²) >= 11 is 0. The van der Waals surface area contributed by atoms with Gasteiger partial charge in [0.05, 0.1) is 50.8 Å². The number of hydrogen-bond acceptors (Lipinski definition) is 4. The third-order valence-corrected chi connectivity index (χ3v) is 23.4. The van der Waals surface area contributed by atoms with Gasteiger partial charge in [0, 0.05) is 28.0 Å². The summed E-state index contributed by atoms with van der Waals surface area (Å²) in [5.41, 5.74) is 38.7. The van der Waals surface area contributed by atoms with E-state index in [2.05, 4.69) is 352 Å². The number of aromatic nitrogens is 2. The molecule has 1 aromatic heterocycles. The molecule has 2 spiro atoms. The van der Waals surface area contributed by atoms with Crippen LogP contribution in [0, 0.1) is 0 Å². The van der Waals surface area contributed by atoms with Crippen LogP contribution >= 0.6 is 0 Å². The van der Waals surface area contributed by atoms with Crippen molar-refractivity contribution >= 4 is 33.7 Å². The molecule has 15 aromatic carbocycles. The van der Waals surface area contributed by atoms with E-state index >= 15 is 0 Å². The first kappa shape index (κ1) is 57.8. The maximum atomic E-state index is 5.94. The summed E-state index contributed by atoms with van der Waals surface area (Å²) in [6.45, 7) is 0. The van der Waals surface area contributed by atoms with Gasteiger partial charge in [-0.25, -0.2) is 9.97 Å². The Hall–Kier alpha value is -13.0. The predicted octanol–water partition coefficient (Wildman–Crippen LogP) is 23.7. The summed E-state index contributed by atoms with van der Waals surface area (Å²) in [4.78, 5) is 22.6. The molecule has 2 unspecified atom stereocenters. The monoisotopic (exact) mass is 1310 g/mol. The predicted molar refractivity (Wildman–Crippen MR) is 420 cm³/mol. The summed E-state index contributed by atoms with van der Waals surface area (Å²) < 4.78 is 0. The van der Waals surface area contributed by atoms with Crippen LogP contribution in [0.15, 0.2) is 362 Å². The van der Waals surface area contributed by atoms with E-state index in [4.69, 9.17) is 20.0 Å². The molecule has 16 aromatic rings. The Morgan fingerprint density at radius 3 is 1.20 bits per heavy atom. The fourth-order valence-corrected chi connectivity index (χ4v) is 19.0. The number of nitrogens with zero attached hydrogens (tertiary/aromatic N) is 4. The van der Waals surface area contributed by atoms with Gasteiger partial charge in [0.25, 0.3) is 0 Å². The Kier molecular flexibility index (Phi) is 12.5. The van der Waals surface area contributed by atoms with E-state index in [-0.39, 0.29) is 11.8 Å². The summed E-state index contributed by atoms with van der Waals surface area (Å²) in [6, 6.07) is 131. The van der Waals surface area contributed by atoms with E-state index in [1.54, 1.807) is 0 Å². The Morgan fingerprint density at radius 2 is 0.660 bits per heavy atom. The summed E-state index contributed by atoms with van der Waals surface area (Å²) in [5.74, 6) is 0.722. The van der Waals surface area contributed by atoms with Gasteiger partial charge < -0.3 is 0 Å². The minimum absolute atomic E-state index is 0.00812. The molecule has 4 nitrogen and oxygen atoms in total. The van der Waals surface area contributed by atoms with Crippen LogP contribution < -0.4 is 0 Å². The van der Waals surface area contributed by atoms with Crippen molar-refractivity contribution in [1.82, 2.24) is 9.97 Å². The number of rotatable bonds is 9. The highest BCUT2D eigenvalue weighted by atomic mass is 14.9. The van der Waals surface area contributed by atoms with E-state index in [0.29, 0.717) is 5.82 Å². The minimum Gasteiger partial charge on any atom is -0.252 e. The highest BCUT2D eigenvalue weighted by Gasteiger charge is 2.53. The fraction of sp³-hybridized carbons (Fsp3) is 0.0505. The molecule has 0 N–H and O–H groups in total. The van der Waals surface area contributed by atoms with Gasteiger partial charge in [-0.2, -0.15) is 0 Å². The second kappa shape index (κ2) is 22.2. The van der Waals surface area contributed by atoms with E-state index in [1.165, 1.54) is 111 Å². The van der Waals surface area contributed by atoms with Crippen molar-refractivity contribution in [3.8, 4) is 89.4 Å². The van der Waals surface area contributed by atoms with Gasteiger partial charge >= 0.3 is 0 Å². The van der Waals surface area contributed by atoms with Crippen LogP contribution in [0.4, 0.5) is 11.4 Å². The lowest BCUT2D eigenvalue weighted by molar-refractivity contribution is 0.794. The van der Waals surface area contributed by atoms with Crippen LogP contribution in [0.3, 0.4) is 0 Å². The van der Waals surface area contributed by atoms with Crippen molar-refractivity contribution < 1.29 is 0 Å². The van der Waals surface area contributed by atoms with Gasteiger partial charge in [-0.15, -0.1) is 0 Å². The molecule has 4 aliphatic carbocycles. The number of fused-ring (bicyclic) bond motifs is 23. The van der Waals surface area contributed by atoms with Crippen molar-refractivity contribution in [1.29, 1.82) is 0 Å².